The number of anilines is 1. The lowest BCUT2D eigenvalue weighted by Crippen LogP contribution is -2.27. The summed E-state index contributed by atoms with van der Waals surface area (Å²) in [4.78, 5) is 28.3. The van der Waals surface area contributed by atoms with Crippen molar-refractivity contribution in [1.29, 1.82) is 0 Å². The molecule has 1 aromatic carbocycles. The lowest BCUT2D eigenvalue weighted by molar-refractivity contribution is 0.102. The number of nitrogens with one attached hydrogen (secondary N) is 2. The first-order valence-corrected chi connectivity index (χ1v) is 8.02. The van der Waals surface area contributed by atoms with Crippen LogP contribution in [0.4, 0.5) is 5.69 Å². The zero-order chi connectivity index (χ0) is 17.1. The Bertz CT molecular complexity index is 781. The van der Waals surface area contributed by atoms with Gasteiger partial charge >= 0.3 is 0 Å². The van der Waals surface area contributed by atoms with Crippen LogP contribution in [-0.4, -0.2) is 10.9 Å². The molecule has 2 aromatic rings. The van der Waals surface area contributed by atoms with E-state index in [4.69, 9.17) is 0 Å². The van der Waals surface area contributed by atoms with E-state index in [1.165, 1.54) is 0 Å². The van der Waals surface area contributed by atoms with Gasteiger partial charge in [0.1, 0.15) is 5.56 Å². The van der Waals surface area contributed by atoms with Gasteiger partial charge in [0.05, 0.1) is 0 Å². The average molecular weight is 312 g/mol. The molecular weight excluding hydrogens is 288 g/mol. The smallest absolute Gasteiger partial charge is 0.261 e. The molecule has 0 unspecified atom stereocenters. The lowest BCUT2D eigenvalue weighted by atomic mass is 10.0. The van der Waals surface area contributed by atoms with Gasteiger partial charge in [-0.05, 0) is 44.7 Å². The van der Waals surface area contributed by atoms with Crippen LogP contribution < -0.4 is 10.7 Å². The van der Waals surface area contributed by atoms with Gasteiger partial charge in [-0.3, -0.25) is 9.59 Å². The van der Waals surface area contributed by atoms with Crippen LogP contribution in [0, 0.1) is 20.8 Å². The maximum Gasteiger partial charge on any atom is 0.261 e. The first kappa shape index (κ1) is 17.0. The van der Waals surface area contributed by atoms with Crippen molar-refractivity contribution in [1.82, 2.24) is 4.98 Å². The zero-order valence-corrected chi connectivity index (χ0v) is 14.5. The lowest BCUT2D eigenvalue weighted by Gasteiger charge is -2.15. The Morgan fingerprint density at radius 3 is 2.13 bits per heavy atom. The molecule has 122 valence electrons. The number of aromatic amines is 1. The standard InChI is InChI=1S/C19H24N2O2/c1-6-14-9-8-10-15(7-2)17(14)21-19(23)16-13(5)20-12(4)11(3)18(16)22/h8-10H,6-7H2,1-5H3,(H,20,22)(H,21,23). The van der Waals surface area contributed by atoms with Gasteiger partial charge in [0.15, 0.2) is 5.43 Å². The summed E-state index contributed by atoms with van der Waals surface area (Å²) in [5, 5.41) is 2.97. The number of carbonyl (C=O) groups is 1. The molecule has 1 aromatic heterocycles. The summed E-state index contributed by atoms with van der Waals surface area (Å²) in [6.45, 7) is 9.45. The molecule has 0 aliphatic rings. The number of para-hydroxylation sites is 1. The van der Waals surface area contributed by atoms with Gasteiger partial charge in [-0.25, -0.2) is 0 Å². The number of pyridine rings is 1. The van der Waals surface area contributed by atoms with E-state index < -0.39 is 0 Å². The number of amides is 1. The molecule has 0 saturated heterocycles. The summed E-state index contributed by atoms with van der Waals surface area (Å²) < 4.78 is 0. The van der Waals surface area contributed by atoms with Crippen LogP contribution in [0.2, 0.25) is 0 Å². The number of carbonyl (C=O) groups excluding carboxylic acids is 1. The van der Waals surface area contributed by atoms with E-state index in [-0.39, 0.29) is 16.9 Å². The van der Waals surface area contributed by atoms with Crippen molar-refractivity contribution in [3.63, 3.8) is 0 Å². The Labute approximate surface area is 137 Å². The molecule has 0 aliphatic carbocycles. The molecule has 1 amide bonds. The van der Waals surface area contributed by atoms with Gasteiger partial charge in [-0.2, -0.15) is 0 Å². The first-order valence-electron chi connectivity index (χ1n) is 8.02. The number of hydrogen-bond donors (Lipinski definition) is 2. The third kappa shape index (κ3) is 3.21. The Balaban J connectivity index is 2.50. The van der Waals surface area contributed by atoms with E-state index >= 15 is 0 Å². The molecule has 4 heteroatoms. The van der Waals surface area contributed by atoms with Crippen molar-refractivity contribution in [2.24, 2.45) is 0 Å². The van der Waals surface area contributed by atoms with E-state index in [0.717, 1.165) is 35.3 Å². The van der Waals surface area contributed by atoms with Crippen LogP contribution in [0.15, 0.2) is 23.0 Å². The van der Waals surface area contributed by atoms with Crippen LogP contribution in [0.25, 0.3) is 0 Å². The summed E-state index contributed by atoms with van der Waals surface area (Å²) in [7, 11) is 0. The highest BCUT2D eigenvalue weighted by molar-refractivity contribution is 6.05. The van der Waals surface area contributed by atoms with Crippen molar-refractivity contribution in [2.75, 3.05) is 5.32 Å². The largest absolute Gasteiger partial charge is 0.362 e. The normalized spacial score (nSPS) is 10.7. The van der Waals surface area contributed by atoms with Crippen molar-refractivity contribution in [2.45, 2.75) is 47.5 Å². The maximum atomic E-state index is 12.7. The highest BCUT2D eigenvalue weighted by Crippen LogP contribution is 2.23. The van der Waals surface area contributed by atoms with Gasteiger partial charge in [0.2, 0.25) is 0 Å². The molecule has 2 rings (SSSR count). The van der Waals surface area contributed by atoms with Crippen LogP contribution >= 0.6 is 0 Å². The predicted octanol–water partition coefficient (Wildman–Crippen LogP) is 3.68. The predicted molar refractivity (Wildman–Crippen MR) is 94.4 cm³/mol. The SMILES string of the molecule is CCc1cccc(CC)c1NC(=O)c1c(C)[nH]c(C)c(C)c1=O. The van der Waals surface area contributed by atoms with Gasteiger partial charge in [0.25, 0.3) is 5.91 Å². The van der Waals surface area contributed by atoms with Crippen LogP contribution in [0.3, 0.4) is 0 Å². The first-order chi connectivity index (χ1) is 10.9. The average Bonchev–Trinajstić information content (AvgIpc) is 2.52. The summed E-state index contributed by atoms with van der Waals surface area (Å²) in [6, 6.07) is 6.01. The molecule has 0 spiro atoms. The van der Waals surface area contributed by atoms with E-state index in [1.54, 1.807) is 13.8 Å². The van der Waals surface area contributed by atoms with Gasteiger partial charge in [-0.1, -0.05) is 32.0 Å². The number of rotatable bonds is 4. The van der Waals surface area contributed by atoms with E-state index in [2.05, 4.69) is 24.1 Å². The van der Waals surface area contributed by atoms with Crippen molar-refractivity contribution in [3.05, 3.63) is 62.1 Å². The second-order valence-electron chi connectivity index (χ2n) is 5.82. The summed E-state index contributed by atoms with van der Waals surface area (Å²) in [5.74, 6) is -0.345. The minimum Gasteiger partial charge on any atom is -0.362 e. The molecule has 0 fully saturated rings. The molecular formula is C19H24N2O2. The summed E-state index contributed by atoms with van der Waals surface area (Å²) in [6.07, 6.45) is 1.65. The highest BCUT2D eigenvalue weighted by atomic mass is 16.2. The molecule has 1 heterocycles. The highest BCUT2D eigenvalue weighted by Gasteiger charge is 2.19. The maximum absolute atomic E-state index is 12.7. The number of aryl methyl sites for hydroxylation is 4. The number of H-pyrrole nitrogens is 1. The molecule has 0 radical (unpaired) electrons. The number of benzene rings is 1. The fourth-order valence-corrected chi connectivity index (χ4v) is 2.82. The third-order valence-electron chi connectivity index (χ3n) is 4.34. The topological polar surface area (TPSA) is 62.0 Å². The molecule has 0 atom stereocenters. The van der Waals surface area contributed by atoms with Crippen molar-refractivity contribution >= 4 is 11.6 Å². The second kappa shape index (κ2) is 6.82. The molecule has 0 aliphatic heterocycles. The number of aromatic nitrogens is 1. The molecule has 4 nitrogen and oxygen atoms in total. The van der Waals surface area contributed by atoms with Crippen molar-refractivity contribution < 1.29 is 4.79 Å². The number of hydrogen-bond acceptors (Lipinski definition) is 2. The Morgan fingerprint density at radius 2 is 1.61 bits per heavy atom. The Hall–Kier alpha value is -2.36. The molecule has 23 heavy (non-hydrogen) atoms. The van der Waals surface area contributed by atoms with Crippen molar-refractivity contribution in [3.8, 4) is 0 Å². The minimum atomic E-state index is -0.345. The van der Waals surface area contributed by atoms with E-state index in [0.29, 0.717) is 11.3 Å². The van der Waals surface area contributed by atoms with Crippen LogP contribution in [0.5, 0.6) is 0 Å². The molecule has 0 saturated carbocycles. The van der Waals surface area contributed by atoms with Gasteiger partial charge in [-0.15, -0.1) is 0 Å². The molecule has 0 bridgehead atoms. The van der Waals surface area contributed by atoms with Crippen LogP contribution in [-0.2, 0) is 12.8 Å². The fourth-order valence-electron chi connectivity index (χ4n) is 2.82. The summed E-state index contributed by atoms with van der Waals surface area (Å²) in [5.41, 5.74) is 4.96. The second-order valence-corrected chi connectivity index (χ2v) is 5.82. The Morgan fingerprint density at radius 1 is 1.04 bits per heavy atom. The minimum absolute atomic E-state index is 0.195. The van der Waals surface area contributed by atoms with Crippen LogP contribution in [0.1, 0.15) is 52.3 Å². The third-order valence-corrected chi connectivity index (χ3v) is 4.34. The molecule has 2 N–H and O–H groups in total. The monoisotopic (exact) mass is 312 g/mol. The fraction of sp³-hybridized carbons (Fsp3) is 0.368. The van der Waals surface area contributed by atoms with E-state index in [1.807, 2.05) is 25.1 Å². The summed E-state index contributed by atoms with van der Waals surface area (Å²) >= 11 is 0. The van der Waals surface area contributed by atoms with Gasteiger partial charge < -0.3 is 10.3 Å². The van der Waals surface area contributed by atoms with Gasteiger partial charge in [0, 0.05) is 22.6 Å². The zero-order valence-electron chi connectivity index (χ0n) is 14.5. The Kier molecular flexibility index (Phi) is 5.04. The quantitative estimate of drug-likeness (QED) is 0.904. The van der Waals surface area contributed by atoms with E-state index in [9.17, 15) is 9.59 Å².